The Balaban J connectivity index is 0.000000153. The molecule has 6 aromatic carbocycles. The topological polar surface area (TPSA) is 142 Å². The van der Waals surface area contributed by atoms with Crippen LogP contribution in [0.2, 0.25) is 0 Å². The maximum Gasteiger partial charge on any atom is 0.454 e. The molecule has 2 N–H and O–H groups in total. The second-order valence-electron chi connectivity index (χ2n) is 26.1. The summed E-state index contributed by atoms with van der Waals surface area (Å²) in [5.41, 5.74) is 5.97. The van der Waals surface area contributed by atoms with Gasteiger partial charge in [0, 0.05) is 140 Å². The van der Waals surface area contributed by atoms with Crippen molar-refractivity contribution in [1.82, 2.24) is 28.4 Å². The standard InChI is InChI=1S/C26H30N2O3.C26H32N2O2.C25H27F3N2O2/c1-19(29)24-18-28(25-17-22(31-2)9-10-23(24)25)14-6-13-27-15-11-21(12-16-27)26(30)20-7-4-3-5-8-20;1-20(18-28-19-24(21(2)29)23-10-6-7-11-25(23)28)17-27-14-12-26(30,13-15-27)16-22-8-4-3-5-9-22;26-25(27,28)23(31)21-18-30(22-10-5-4-9-20(21)22)14-6-13-29-15-11-24(32,12-16-29)17-19-7-2-1-3-8-19/h3-5,7-10,17-18,21H,6,11-16H2,1-2H3;3-11,19-20,30H,12-18H2,1-2H3;1-5,7-10,18,32H,6,11-17H2. The van der Waals surface area contributed by atoms with Crippen molar-refractivity contribution in [2.24, 2.45) is 11.8 Å². The number of aromatic nitrogens is 3. The van der Waals surface area contributed by atoms with Gasteiger partial charge in [0.15, 0.2) is 17.3 Å². The molecule has 0 saturated carbocycles. The Bertz CT molecular complexity index is 3950. The highest BCUT2D eigenvalue weighted by Gasteiger charge is 2.41. The van der Waals surface area contributed by atoms with E-state index >= 15 is 0 Å². The van der Waals surface area contributed by atoms with Gasteiger partial charge >= 0.3 is 6.18 Å². The second-order valence-corrected chi connectivity index (χ2v) is 26.1. The summed E-state index contributed by atoms with van der Waals surface area (Å²) in [7, 11) is 1.66. The molecule has 12 rings (SSSR count). The predicted octanol–water partition coefficient (Wildman–Crippen LogP) is 14.2. The van der Waals surface area contributed by atoms with E-state index in [1.54, 1.807) is 49.8 Å². The fraction of sp³-hybridized carbons (Fsp3) is 0.403. The fourth-order valence-electron chi connectivity index (χ4n) is 14.0. The lowest BCUT2D eigenvalue weighted by molar-refractivity contribution is -0.0884. The Labute approximate surface area is 544 Å². The van der Waals surface area contributed by atoms with Gasteiger partial charge in [-0.1, -0.05) is 134 Å². The number of methoxy groups -OCH3 is 1. The number of aliphatic hydroxyl groups is 2. The van der Waals surface area contributed by atoms with Gasteiger partial charge in [0.05, 0.1) is 29.4 Å². The number of likely N-dealkylation sites (tertiary alicyclic amines) is 3. The Hall–Kier alpha value is -7.99. The molecule has 1 unspecified atom stereocenters. The van der Waals surface area contributed by atoms with Crippen molar-refractivity contribution < 1.29 is 47.3 Å². The summed E-state index contributed by atoms with van der Waals surface area (Å²) in [6, 6.07) is 50.7. The van der Waals surface area contributed by atoms with Crippen LogP contribution in [0.15, 0.2) is 176 Å². The number of halogens is 3. The lowest BCUT2D eigenvalue weighted by Crippen LogP contribution is -2.47. The molecule has 9 aromatic rings. The van der Waals surface area contributed by atoms with Gasteiger partial charge in [-0.05, 0) is 133 Å². The number of hydrogen-bond acceptors (Lipinski definition) is 10. The number of benzene rings is 6. The van der Waals surface area contributed by atoms with E-state index in [0.29, 0.717) is 42.6 Å². The van der Waals surface area contributed by atoms with Crippen LogP contribution in [-0.2, 0) is 32.5 Å². The van der Waals surface area contributed by atoms with Gasteiger partial charge < -0.3 is 43.4 Å². The number of fused-ring (bicyclic) bond motifs is 3. The molecule has 3 fully saturated rings. The summed E-state index contributed by atoms with van der Waals surface area (Å²) < 4.78 is 50.5. The zero-order chi connectivity index (χ0) is 65.7. The molecule has 490 valence electrons. The highest BCUT2D eigenvalue weighted by molar-refractivity contribution is 6.11. The van der Waals surface area contributed by atoms with Crippen molar-refractivity contribution in [2.45, 2.75) is 122 Å². The summed E-state index contributed by atoms with van der Waals surface area (Å²) in [4.78, 5) is 55.8. The number of carbonyl (C=O) groups excluding carboxylic acids is 4. The molecule has 3 aromatic heterocycles. The largest absolute Gasteiger partial charge is 0.497 e. The van der Waals surface area contributed by atoms with Crippen LogP contribution in [0.5, 0.6) is 5.75 Å². The summed E-state index contributed by atoms with van der Waals surface area (Å²) in [5.74, 6) is 0.0713. The molecule has 0 amide bonds. The maximum absolute atomic E-state index is 13.0. The van der Waals surface area contributed by atoms with Gasteiger partial charge in [0.2, 0.25) is 0 Å². The molecule has 0 aliphatic carbocycles. The van der Waals surface area contributed by atoms with Gasteiger partial charge in [-0.25, -0.2) is 0 Å². The molecule has 3 aliphatic rings. The van der Waals surface area contributed by atoms with Gasteiger partial charge in [-0.15, -0.1) is 0 Å². The van der Waals surface area contributed by atoms with E-state index in [9.17, 15) is 42.6 Å². The lowest BCUT2D eigenvalue weighted by Gasteiger charge is -2.39. The van der Waals surface area contributed by atoms with Crippen LogP contribution in [0.3, 0.4) is 0 Å². The van der Waals surface area contributed by atoms with Crippen molar-refractivity contribution >= 4 is 55.8 Å². The molecule has 0 radical (unpaired) electrons. The number of ketones is 4. The van der Waals surface area contributed by atoms with Crippen LogP contribution in [-0.4, -0.2) is 145 Å². The van der Waals surface area contributed by atoms with E-state index in [4.69, 9.17) is 4.74 Å². The van der Waals surface area contributed by atoms with Crippen molar-refractivity contribution in [1.29, 1.82) is 0 Å². The van der Waals surface area contributed by atoms with Crippen LogP contribution in [0.1, 0.15) is 125 Å². The first-order valence-corrected chi connectivity index (χ1v) is 33.0. The van der Waals surface area contributed by atoms with Crippen molar-refractivity contribution in [3.8, 4) is 5.75 Å². The van der Waals surface area contributed by atoms with E-state index in [1.165, 1.54) is 11.8 Å². The number of hydrogen-bond donors (Lipinski definition) is 2. The first-order chi connectivity index (χ1) is 44.7. The Kier molecular flexibility index (Phi) is 22.5. The molecule has 3 saturated heterocycles. The van der Waals surface area contributed by atoms with E-state index < -0.39 is 23.2 Å². The Morgan fingerprint density at radius 3 is 1.46 bits per heavy atom. The molecule has 16 heteroatoms. The van der Waals surface area contributed by atoms with Crippen molar-refractivity contribution in [3.63, 3.8) is 0 Å². The van der Waals surface area contributed by atoms with Crippen LogP contribution in [0.4, 0.5) is 13.2 Å². The fourth-order valence-corrected chi connectivity index (χ4v) is 14.0. The lowest BCUT2D eigenvalue weighted by atomic mass is 9.85. The first kappa shape index (κ1) is 67.9. The first-order valence-electron chi connectivity index (χ1n) is 33.0. The summed E-state index contributed by atoms with van der Waals surface area (Å²) in [5, 5.41) is 24.3. The molecule has 6 heterocycles. The normalized spacial score (nSPS) is 16.7. The Morgan fingerprint density at radius 1 is 0.516 bits per heavy atom. The molecule has 13 nitrogen and oxygen atoms in total. The molecule has 3 aliphatic heterocycles. The number of Topliss-reactive ketones (excluding diaryl/α,β-unsaturated/α-hetero) is 4. The van der Waals surface area contributed by atoms with Crippen LogP contribution in [0, 0.1) is 11.8 Å². The monoisotopic (exact) mass is 1270 g/mol. The average Bonchev–Trinajstić information content (AvgIpc) is 1.72. The van der Waals surface area contributed by atoms with E-state index in [0.717, 1.165) is 167 Å². The second kappa shape index (κ2) is 30.8. The van der Waals surface area contributed by atoms with Crippen LogP contribution in [0.25, 0.3) is 32.7 Å². The zero-order valence-electron chi connectivity index (χ0n) is 54.2. The zero-order valence-corrected chi connectivity index (χ0v) is 54.2. The quantitative estimate of drug-likeness (QED) is 0.0630. The van der Waals surface area contributed by atoms with E-state index in [1.807, 2.05) is 128 Å². The molecular weight excluding hydrogens is 1180 g/mol. The third-order valence-electron chi connectivity index (χ3n) is 19.1. The van der Waals surface area contributed by atoms with E-state index in [2.05, 4.69) is 49.0 Å². The number of rotatable bonds is 22. The third kappa shape index (κ3) is 17.6. The van der Waals surface area contributed by atoms with Gasteiger partial charge in [0.25, 0.3) is 5.78 Å². The summed E-state index contributed by atoms with van der Waals surface area (Å²) >= 11 is 0. The number of aryl methyl sites for hydroxylation is 2. The minimum atomic E-state index is -4.89. The van der Waals surface area contributed by atoms with Gasteiger partial charge in [0.1, 0.15) is 5.75 Å². The van der Waals surface area contributed by atoms with Crippen molar-refractivity contribution in [2.75, 3.05) is 66.0 Å². The van der Waals surface area contributed by atoms with E-state index in [-0.39, 0.29) is 28.8 Å². The number of nitrogens with zero attached hydrogens (tertiary/aromatic N) is 6. The van der Waals surface area contributed by atoms with Gasteiger partial charge in [-0.3, -0.25) is 19.2 Å². The third-order valence-corrected chi connectivity index (χ3v) is 19.1. The molecular formula is C77H89F3N6O7. The number of para-hydroxylation sites is 2. The van der Waals surface area contributed by atoms with Gasteiger partial charge in [-0.2, -0.15) is 13.2 Å². The Morgan fingerprint density at radius 2 is 0.946 bits per heavy atom. The minimum Gasteiger partial charge on any atom is -0.497 e. The van der Waals surface area contributed by atoms with Crippen LogP contribution >= 0.6 is 0 Å². The van der Waals surface area contributed by atoms with Crippen molar-refractivity contribution in [3.05, 3.63) is 210 Å². The summed E-state index contributed by atoms with van der Waals surface area (Å²) in [6.07, 6.45) is 8.41. The average molecular weight is 1270 g/mol. The number of carbonyl (C=O) groups is 4. The maximum atomic E-state index is 13.0. The summed E-state index contributed by atoms with van der Waals surface area (Å²) in [6.45, 7) is 15.9. The highest BCUT2D eigenvalue weighted by Crippen LogP contribution is 2.33. The minimum absolute atomic E-state index is 0.0825. The molecule has 1 atom stereocenters. The predicted molar refractivity (Wildman–Crippen MR) is 363 cm³/mol. The number of alkyl halides is 3. The smallest absolute Gasteiger partial charge is 0.454 e. The van der Waals surface area contributed by atoms with Crippen LogP contribution < -0.4 is 4.74 Å². The molecule has 93 heavy (non-hydrogen) atoms. The molecule has 0 spiro atoms. The number of ether oxygens (including phenoxy) is 1. The molecule has 0 bridgehead atoms. The highest BCUT2D eigenvalue weighted by atomic mass is 19.4. The number of piperidine rings is 3. The SMILES string of the molecule is CC(=O)c1cn(CC(C)CN2CCC(O)(Cc3ccccc3)CC2)c2ccccc12.COc1ccc2c(C(C)=O)cn(CCCN3CCC(C(=O)c4ccccc4)CC3)c2c1.O=C(c1cn(CCCN2CCC(O)(Cc3ccccc3)CC2)c2ccccc12)C(F)(F)F.